The summed E-state index contributed by atoms with van der Waals surface area (Å²) >= 11 is 0. The summed E-state index contributed by atoms with van der Waals surface area (Å²) in [5, 5.41) is 9.71. The van der Waals surface area contributed by atoms with Gasteiger partial charge in [-0.05, 0) is 61.6 Å². The number of carbonyl (C=O) groups is 1. The van der Waals surface area contributed by atoms with Crippen LogP contribution in [0.3, 0.4) is 0 Å². The Bertz CT molecular complexity index is 1860. The highest BCUT2D eigenvalue weighted by molar-refractivity contribution is 7.62. The Morgan fingerprint density at radius 1 is 1.07 bits per heavy atom. The number of fused-ring (bicyclic) bond motifs is 1. The number of halogens is 3. The molecule has 0 fully saturated rings. The van der Waals surface area contributed by atoms with Crippen molar-refractivity contribution in [3.05, 3.63) is 101 Å². The van der Waals surface area contributed by atoms with Gasteiger partial charge in [0.1, 0.15) is 23.2 Å². The minimum atomic E-state index is -2.40. The number of nitrogens with one attached hydrogen (secondary N) is 2. The first kappa shape index (κ1) is 30.2. The Morgan fingerprint density at radius 3 is 2.60 bits per heavy atom. The SMILES string of the molecule is CC(c1cnc(-c2cc(Oc3c(F)cc4[nH]ccc4c3CCP(C)(C)=O)ccc2F)[nH]1)c1cccc(CCC(=O)O)c1F. The number of hydrogen-bond acceptors (Lipinski definition) is 4. The largest absolute Gasteiger partial charge is 0.481 e. The van der Waals surface area contributed by atoms with E-state index in [1.807, 2.05) is 0 Å². The predicted octanol–water partition coefficient (Wildman–Crippen LogP) is 8.10. The molecule has 11 heteroatoms. The quantitative estimate of drug-likeness (QED) is 0.131. The number of H-pyrrole nitrogens is 2. The molecule has 0 aliphatic heterocycles. The molecule has 1 unspecified atom stereocenters. The summed E-state index contributed by atoms with van der Waals surface area (Å²) in [6.07, 6.45) is 3.73. The third-order valence-electron chi connectivity index (χ3n) is 7.42. The summed E-state index contributed by atoms with van der Waals surface area (Å²) in [5.41, 5.74) is 2.39. The fourth-order valence-electron chi connectivity index (χ4n) is 5.06. The van der Waals surface area contributed by atoms with Crippen molar-refractivity contribution < 1.29 is 32.4 Å². The van der Waals surface area contributed by atoms with Crippen LogP contribution in [0.5, 0.6) is 11.5 Å². The molecule has 0 radical (unpaired) electrons. The number of carboxylic acids is 1. The smallest absolute Gasteiger partial charge is 0.303 e. The summed E-state index contributed by atoms with van der Waals surface area (Å²) in [6, 6.07) is 12.0. The van der Waals surface area contributed by atoms with Crippen LogP contribution in [0, 0.1) is 17.5 Å². The molecule has 2 heterocycles. The average molecular weight is 610 g/mol. The van der Waals surface area contributed by atoms with Crippen LogP contribution in [-0.2, 0) is 22.2 Å². The van der Waals surface area contributed by atoms with Crippen LogP contribution in [0.15, 0.2) is 60.9 Å². The maximum Gasteiger partial charge on any atom is 0.303 e. The van der Waals surface area contributed by atoms with Crippen LogP contribution in [0.4, 0.5) is 13.2 Å². The Kier molecular flexibility index (Phi) is 8.51. The molecule has 0 aliphatic rings. The Balaban J connectivity index is 1.44. The van der Waals surface area contributed by atoms with Gasteiger partial charge in [0.05, 0.1) is 12.7 Å². The number of aromatic nitrogens is 3. The molecule has 0 bridgehead atoms. The summed E-state index contributed by atoms with van der Waals surface area (Å²) in [7, 11) is -2.40. The molecule has 5 rings (SSSR count). The van der Waals surface area contributed by atoms with Crippen LogP contribution >= 0.6 is 7.14 Å². The van der Waals surface area contributed by atoms with Gasteiger partial charge in [0, 0.05) is 59.1 Å². The number of hydrogen-bond donors (Lipinski definition) is 3. The molecule has 3 aromatic carbocycles. The number of imidazole rings is 1. The Morgan fingerprint density at radius 2 is 1.86 bits per heavy atom. The zero-order valence-corrected chi connectivity index (χ0v) is 24.8. The second-order valence-corrected chi connectivity index (χ2v) is 14.6. The lowest BCUT2D eigenvalue weighted by Gasteiger charge is -2.16. The van der Waals surface area contributed by atoms with Crippen molar-refractivity contribution in [2.45, 2.75) is 32.1 Å². The zero-order valence-electron chi connectivity index (χ0n) is 23.9. The van der Waals surface area contributed by atoms with Crippen LogP contribution < -0.4 is 4.74 Å². The number of aryl methyl sites for hydroxylation is 2. The molecule has 0 aliphatic carbocycles. The number of ether oxygens (including phenoxy) is 1. The minimum absolute atomic E-state index is 0.0230. The molecule has 0 amide bonds. The summed E-state index contributed by atoms with van der Waals surface area (Å²) in [5.74, 6) is -2.88. The highest BCUT2D eigenvalue weighted by Gasteiger charge is 2.22. The van der Waals surface area contributed by atoms with E-state index in [2.05, 4.69) is 15.0 Å². The van der Waals surface area contributed by atoms with Gasteiger partial charge in [0.25, 0.3) is 0 Å². The van der Waals surface area contributed by atoms with E-state index in [9.17, 15) is 9.36 Å². The lowest BCUT2D eigenvalue weighted by Crippen LogP contribution is -2.05. The number of benzene rings is 3. The van der Waals surface area contributed by atoms with E-state index in [-0.39, 0.29) is 35.7 Å². The van der Waals surface area contributed by atoms with Gasteiger partial charge in [0.15, 0.2) is 11.6 Å². The monoisotopic (exact) mass is 609 g/mol. The minimum Gasteiger partial charge on any atom is -0.481 e. The zero-order chi connectivity index (χ0) is 30.9. The first-order chi connectivity index (χ1) is 20.4. The van der Waals surface area contributed by atoms with Gasteiger partial charge in [-0.3, -0.25) is 4.79 Å². The summed E-state index contributed by atoms with van der Waals surface area (Å²) in [4.78, 5) is 21.3. The van der Waals surface area contributed by atoms with E-state index in [0.717, 1.165) is 5.39 Å². The molecule has 7 nitrogen and oxygen atoms in total. The molecular weight excluding hydrogens is 578 g/mol. The van der Waals surface area contributed by atoms with E-state index in [1.165, 1.54) is 30.5 Å². The summed E-state index contributed by atoms with van der Waals surface area (Å²) < 4.78 is 64.0. The lowest BCUT2D eigenvalue weighted by molar-refractivity contribution is -0.136. The second-order valence-electron chi connectivity index (χ2n) is 11.0. The van der Waals surface area contributed by atoms with Crippen LogP contribution in [0.1, 0.15) is 41.6 Å². The molecule has 2 aromatic heterocycles. The number of aromatic amines is 2. The van der Waals surface area contributed by atoms with Crippen molar-refractivity contribution in [1.82, 2.24) is 15.0 Å². The van der Waals surface area contributed by atoms with Gasteiger partial charge in [-0.15, -0.1) is 0 Å². The molecule has 0 saturated carbocycles. The fraction of sp³-hybridized carbons (Fsp3) is 0.250. The standard InChI is InChI=1S/C32H31F3N3O4P/c1-18(21-6-4-5-19(30(21)35)7-10-29(39)40)28-17-37-32(38-28)24-15-20(8-9-25(24)33)42-31-23(12-14-43(2,3)41)22-11-13-36-27(22)16-26(31)34/h4-6,8-9,11,13,15-18,36H,7,10,12,14H2,1-3H3,(H,37,38)(H,39,40). The first-order valence-corrected chi connectivity index (χ1v) is 16.5. The highest BCUT2D eigenvalue weighted by atomic mass is 31.2. The molecular formula is C32H31F3N3O4P. The maximum atomic E-state index is 15.3. The van der Waals surface area contributed by atoms with Crippen LogP contribution in [0.2, 0.25) is 0 Å². The van der Waals surface area contributed by atoms with Gasteiger partial charge in [-0.2, -0.15) is 0 Å². The third kappa shape index (κ3) is 6.70. The third-order valence-corrected chi connectivity index (χ3v) is 8.73. The fourth-order valence-corrected chi connectivity index (χ4v) is 5.82. The molecule has 5 aromatic rings. The first-order valence-electron chi connectivity index (χ1n) is 13.8. The molecule has 3 N–H and O–H groups in total. The molecule has 0 saturated heterocycles. The van der Waals surface area contributed by atoms with E-state index in [0.29, 0.717) is 40.5 Å². The number of carboxylic acid groups (broad SMARTS) is 1. The number of nitrogens with zero attached hydrogens (tertiary/aromatic N) is 1. The van der Waals surface area contributed by atoms with Crippen molar-refractivity contribution in [1.29, 1.82) is 0 Å². The normalized spacial score (nSPS) is 12.5. The lowest BCUT2D eigenvalue weighted by atomic mass is 9.94. The van der Waals surface area contributed by atoms with Crippen molar-refractivity contribution in [2.24, 2.45) is 0 Å². The van der Waals surface area contributed by atoms with Crippen LogP contribution in [0.25, 0.3) is 22.3 Å². The predicted molar refractivity (Wildman–Crippen MR) is 160 cm³/mol. The van der Waals surface area contributed by atoms with E-state index >= 15 is 13.2 Å². The van der Waals surface area contributed by atoms with Crippen molar-refractivity contribution in [3.63, 3.8) is 0 Å². The van der Waals surface area contributed by atoms with Gasteiger partial charge < -0.3 is 24.4 Å². The van der Waals surface area contributed by atoms with Gasteiger partial charge >= 0.3 is 5.97 Å². The molecule has 1 atom stereocenters. The topological polar surface area (TPSA) is 108 Å². The van der Waals surface area contributed by atoms with Gasteiger partial charge in [-0.25, -0.2) is 18.2 Å². The van der Waals surface area contributed by atoms with E-state index in [1.54, 1.807) is 50.7 Å². The van der Waals surface area contributed by atoms with Gasteiger partial charge in [-0.1, -0.05) is 25.1 Å². The Labute approximate surface area is 246 Å². The van der Waals surface area contributed by atoms with Gasteiger partial charge in [0.2, 0.25) is 0 Å². The highest BCUT2D eigenvalue weighted by Crippen LogP contribution is 2.41. The number of rotatable bonds is 11. The molecule has 224 valence electrons. The average Bonchev–Trinajstić information content (AvgIpc) is 3.62. The molecule has 43 heavy (non-hydrogen) atoms. The summed E-state index contributed by atoms with van der Waals surface area (Å²) in [6.45, 7) is 5.12. The van der Waals surface area contributed by atoms with Crippen molar-refractivity contribution >= 4 is 24.0 Å². The molecule has 0 spiro atoms. The number of aliphatic carboxylic acids is 1. The van der Waals surface area contributed by atoms with Crippen molar-refractivity contribution in [3.8, 4) is 22.9 Å². The maximum absolute atomic E-state index is 15.3. The van der Waals surface area contributed by atoms with Crippen LogP contribution in [-0.4, -0.2) is 45.5 Å². The van der Waals surface area contributed by atoms with Crippen molar-refractivity contribution in [2.75, 3.05) is 19.5 Å². The second kappa shape index (κ2) is 12.1. The van der Waals surface area contributed by atoms with E-state index in [4.69, 9.17) is 9.84 Å². The van der Waals surface area contributed by atoms with E-state index < -0.39 is 36.5 Å². The Hall–Kier alpha value is -4.30.